The fourth-order valence-corrected chi connectivity index (χ4v) is 1.69. The van der Waals surface area contributed by atoms with Gasteiger partial charge in [0.05, 0.1) is 5.56 Å². The van der Waals surface area contributed by atoms with E-state index >= 15 is 0 Å². The van der Waals surface area contributed by atoms with E-state index in [-0.39, 0.29) is 17.1 Å². The van der Waals surface area contributed by atoms with Crippen LogP contribution < -0.4 is 0 Å². The van der Waals surface area contributed by atoms with Gasteiger partial charge in [-0.15, -0.1) is 11.6 Å². The van der Waals surface area contributed by atoms with Crippen LogP contribution in [0.1, 0.15) is 10.4 Å². The van der Waals surface area contributed by atoms with Gasteiger partial charge in [-0.25, -0.2) is 16.9 Å². The standard InChI is InChI=1S/C12H9O2.C5H5.Fe/c13-12(14)11-7-5-10(6-8-11)9-3-1-2-4-9;1-2-4-5-3-1;/h1-8H,(H,13,14);1-5H;/q2*-1;+4. The summed E-state index contributed by atoms with van der Waals surface area (Å²) in [6.07, 6.45) is 0. The third-order valence-electron chi connectivity index (χ3n) is 2.68. The normalized spacial score (nSPS) is 9.00. The number of hydrogen-bond acceptors (Lipinski definition) is 1. The van der Waals surface area contributed by atoms with Gasteiger partial charge in [0.25, 0.3) is 0 Å². The third-order valence-corrected chi connectivity index (χ3v) is 2.68. The molecule has 3 rings (SSSR count). The van der Waals surface area contributed by atoms with E-state index in [1.807, 2.05) is 66.7 Å². The first-order valence-electron chi connectivity index (χ1n) is 5.99. The van der Waals surface area contributed by atoms with Crippen molar-refractivity contribution in [2.75, 3.05) is 0 Å². The molecular formula is C17H14FeO2+2. The number of benzene rings is 1. The van der Waals surface area contributed by atoms with Gasteiger partial charge < -0.3 is 5.11 Å². The predicted molar refractivity (Wildman–Crippen MR) is 76.5 cm³/mol. The second-order valence-corrected chi connectivity index (χ2v) is 4.02. The summed E-state index contributed by atoms with van der Waals surface area (Å²) >= 11 is 0. The van der Waals surface area contributed by atoms with Crippen LogP contribution in [-0.4, -0.2) is 11.1 Å². The Kier molecular flexibility index (Phi) is 6.51. The third kappa shape index (κ3) is 4.54. The van der Waals surface area contributed by atoms with Crippen LogP contribution in [0, 0.1) is 0 Å². The van der Waals surface area contributed by atoms with Crippen molar-refractivity contribution in [2.45, 2.75) is 0 Å². The number of carboxylic acids is 1. The second-order valence-electron chi connectivity index (χ2n) is 4.02. The number of carboxylic acid groups (broad SMARTS) is 1. The number of rotatable bonds is 2. The van der Waals surface area contributed by atoms with Crippen molar-refractivity contribution < 1.29 is 27.0 Å². The molecule has 0 saturated carbocycles. The molecule has 3 heteroatoms. The summed E-state index contributed by atoms with van der Waals surface area (Å²) < 4.78 is 0. The summed E-state index contributed by atoms with van der Waals surface area (Å²) in [6, 6.07) is 24.8. The van der Waals surface area contributed by atoms with Crippen LogP contribution in [-0.2, 0) is 17.1 Å². The van der Waals surface area contributed by atoms with Crippen LogP contribution in [0.2, 0.25) is 0 Å². The van der Waals surface area contributed by atoms with Crippen molar-refractivity contribution in [1.82, 2.24) is 0 Å². The molecule has 2 nitrogen and oxygen atoms in total. The summed E-state index contributed by atoms with van der Waals surface area (Å²) in [5.74, 6) is -0.890. The quantitative estimate of drug-likeness (QED) is 0.570. The molecular weight excluding hydrogens is 292 g/mol. The van der Waals surface area contributed by atoms with Crippen LogP contribution in [0.25, 0.3) is 11.1 Å². The van der Waals surface area contributed by atoms with Gasteiger partial charge in [-0.3, -0.25) is 0 Å². The Labute approximate surface area is 128 Å². The van der Waals surface area contributed by atoms with Gasteiger partial charge in [0.1, 0.15) is 0 Å². The second kappa shape index (κ2) is 8.15. The zero-order chi connectivity index (χ0) is 13.5. The minimum atomic E-state index is -0.890. The van der Waals surface area contributed by atoms with Crippen LogP contribution in [0.3, 0.4) is 0 Å². The maximum Gasteiger partial charge on any atom is 4.00 e. The molecule has 0 aromatic heterocycles. The van der Waals surface area contributed by atoms with Crippen molar-refractivity contribution in [1.29, 1.82) is 0 Å². The van der Waals surface area contributed by atoms with Gasteiger partial charge in [0.2, 0.25) is 0 Å². The Hall–Kier alpha value is -2.09. The summed E-state index contributed by atoms with van der Waals surface area (Å²) in [6.45, 7) is 0. The molecule has 0 radical (unpaired) electrons. The van der Waals surface area contributed by atoms with Gasteiger partial charge in [-0.2, -0.15) is 42.0 Å². The maximum absolute atomic E-state index is 10.6. The van der Waals surface area contributed by atoms with Crippen molar-refractivity contribution >= 4 is 5.97 Å². The van der Waals surface area contributed by atoms with E-state index in [1.54, 1.807) is 12.1 Å². The van der Waals surface area contributed by atoms with Gasteiger partial charge >= 0.3 is 23.0 Å². The molecule has 0 spiro atoms. The Morgan fingerprint density at radius 1 is 0.900 bits per heavy atom. The molecule has 0 aliphatic rings. The van der Waals surface area contributed by atoms with Crippen molar-refractivity contribution in [3.8, 4) is 11.1 Å². The predicted octanol–water partition coefficient (Wildman–Crippen LogP) is 4.17. The van der Waals surface area contributed by atoms with E-state index in [0.29, 0.717) is 5.56 Å². The Morgan fingerprint density at radius 2 is 1.55 bits per heavy atom. The monoisotopic (exact) mass is 306 g/mol. The summed E-state index contributed by atoms with van der Waals surface area (Å²) in [5.41, 5.74) is 2.47. The van der Waals surface area contributed by atoms with Crippen LogP contribution >= 0.6 is 0 Å². The first kappa shape index (κ1) is 16.0. The van der Waals surface area contributed by atoms with Gasteiger partial charge in [-0.1, -0.05) is 24.3 Å². The van der Waals surface area contributed by atoms with Gasteiger partial charge in [-0.05, 0) is 0 Å². The SMILES string of the molecule is O=C(O)c1ccc(-c2ccc[cH-]2)cc1.[Fe+4].c1cc[cH-]c1. The molecule has 0 aliphatic heterocycles. The molecule has 0 bridgehead atoms. The fourth-order valence-electron chi connectivity index (χ4n) is 1.69. The fraction of sp³-hybridized carbons (Fsp3) is 0. The Bertz CT molecular complexity index is 576. The first-order valence-corrected chi connectivity index (χ1v) is 5.99. The van der Waals surface area contributed by atoms with Crippen molar-refractivity contribution in [3.05, 3.63) is 84.4 Å². The largest absolute Gasteiger partial charge is 4.00 e. The zero-order valence-electron chi connectivity index (χ0n) is 10.7. The molecule has 0 aliphatic carbocycles. The molecule has 3 aromatic rings. The smallest absolute Gasteiger partial charge is 0.478 e. The maximum atomic E-state index is 10.6. The van der Waals surface area contributed by atoms with Crippen molar-refractivity contribution in [3.63, 3.8) is 0 Å². The first-order chi connectivity index (χ1) is 9.27. The molecule has 0 heterocycles. The number of hydrogen-bond donors (Lipinski definition) is 1. The molecule has 0 fully saturated rings. The van der Waals surface area contributed by atoms with Crippen LogP contribution in [0.5, 0.6) is 0 Å². The molecule has 3 aromatic carbocycles. The summed E-state index contributed by atoms with van der Waals surface area (Å²) in [5, 5.41) is 8.71. The van der Waals surface area contributed by atoms with Crippen LogP contribution in [0.4, 0.5) is 0 Å². The molecule has 0 amide bonds. The Morgan fingerprint density at radius 3 is 1.95 bits per heavy atom. The molecule has 1 N–H and O–H groups in total. The van der Waals surface area contributed by atoms with E-state index in [4.69, 9.17) is 5.11 Å². The molecule has 100 valence electrons. The average molecular weight is 306 g/mol. The van der Waals surface area contributed by atoms with E-state index in [2.05, 4.69) is 0 Å². The van der Waals surface area contributed by atoms with E-state index < -0.39 is 5.97 Å². The number of aromatic carboxylic acids is 1. The molecule has 0 unspecified atom stereocenters. The minimum absolute atomic E-state index is 0. The van der Waals surface area contributed by atoms with E-state index in [9.17, 15) is 4.79 Å². The minimum Gasteiger partial charge on any atom is -0.478 e. The zero-order valence-corrected chi connectivity index (χ0v) is 11.8. The number of carbonyl (C=O) groups is 1. The molecule has 0 saturated heterocycles. The Balaban J connectivity index is 0.000000283. The van der Waals surface area contributed by atoms with Gasteiger partial charge in [0, 0.05) is 0 Å². The molecule has 20 heavy (non-hydrogen) atoms. The van der Waals surface area contributed by atoms with Crippen molar-refractivity contribution in [2.24, 2.45) is 0 Å². The molecule has 0 atom stereocenters. The topological polar surface area (TPSA) is 37.3 Å². The summed E-state index contributed by atoms with van der Waals surface area (Å²) in [4.78, 5) is 10.6. The van der Waals surface area contributed by atoms with Gasteiger partial charge in [0.15, 0.2) is 0 Å². The average Bonchev–Trinajstić information content (AvgIpc) is 3.15. The van der Waals surface area contributed by atoms with E-state index in [0.717, 1.165) is 11.1 Å². The van der Waals surface area contributed by atoms with E-state index in [1.165, 1.54) is 0 Å². The van der Waals surface area contributed by atoms with Crippen LogP contribution in [0.15, 0.2) is 78.9 Å². The summed E-state index contributed by atoms with van der Waals surface area (Å²) in [7, 11) is 0.